The highest BCUT2D eigenvalue weighted by Crippen LogP contribution is 2.34. The van der Waals surface area contributed by atoms with Gasteiger partial charge in [-0.15, -0.1) is 0 Å². The van der Waals surface area contributed by atoms with Crippen LogP contribution in [0.3, 0.4) is 0 Å². The van der Waals surface area contributed by atoms with Gasteiger partial charge in [-0.25, -0.2) is 0 Å². The lowest BCUT2D eigenvalue weighted by molar-refractivity contribution is 0.740. The molecule has 2 heteroatoms. The second-order valence-electron chi connectivity index (χ2n) is 10.2. The minimum atomic E-state index is 0.427. The van der Waals surface area contributed by atoms with E-state index < -0.39 is 0 Å². The van der Waals surface area contributed by atoms with Crippen molar-refractivity contribution in [2.24, 2.45) is 0 Å². The molecule has 0 saturated heterocycles. The number of hydrogen-bond acceptors (Lipinski definition) is 2. The summed E-state index contributed by atoms with van der Waals surface area (Å²) in [7, 11) is 0. The zero-order valence-corrected chi connectivity index (χ0v) is 20.6. The quantitative estimate of drug-likeness (QED) is 0.310. The summed E-state index contributed by atoms with van der Waals surface area (Å²) < 4.78 is 0. The van der Waals surface area contributed by atoms with Crippen molar-refractivity contribution in [2.45, 2.75) is 78.6 Å². The predicted molar refractivity (Wildman–Crippen MR) is 138 cm³/mol. The molecular weight excluding hydrogens is 388 g/mol. The van der Waals surface area contributed by atoms with Crippen LogP contribution < -0.4 is 0 Å². The Balaban J connectivity index is 1.76. The Morgan fingerprint density at radius 3 is 2.03 bits per heavy atom. The summed E-state index contributed by atoms with van der Waals surface area (Å²) in [5.41, 5.74) is 9.17. The van der Waals surface area contributed by atoms with E-state index >= 15 is 0 Å². The van der Waals surface area contributed by atoms with Gasteiger partial charge < -0.3 is 0 Å². The third kappa shape index (κ3) is 4.28. The molecule has 0 aliphatic rings. The summed E-state index contributed by atoms with van der Waals surface area (Å²) >= 11 is 0. The van der Waals surface area contributed by atoms with Gasteiger partial charge >= 0.3 is 0 Å². The maximum Gasteiger partial charge on any atom is 0.0705 e. The van der Waals surface area contributed by atoms with Crippen LogP contribution in [0.2, 0.25) is 0 Å². The molecule has 1 unspecified atom stereocenters. The van der Waals surface area contributed by atoms with Crippen molar-refractivity contribution >= 4 is 21.8 Å². The van der Waals surface area contributed by atoms with Crippen LogP contribution in [0.15, 0.2) is 54.9 Å². The van der Waals surface area contributed by atoms with Crippen molar-refractivity contribution in [3.05, 3.63) is 82.7 Å². The van der Waals surface area contributed by atoms with E-state index in [9.17, 15) is 0 Å². The third-order valence-corrected chi connectivity index (χ3v) is 6.78. The second-order valence-corrected chi connectivity index (χ2v) is 10.2. The van der Waals surface area contributed by atoms with E-state index in [2.05, 4.69) is 95.9 Å². The van der Waals surface area contributed by atoms with E-state index in [1.165, 1.54) is 38.6 Å². The third-order valence-electron chi connectivity index (χ3n) is 6.78. The molecule has 2 aromatic heterocycles. The first kappa shape index (κ1) is 22.5. The summed E-state index contributed by atoms with van der Waals surface area (Å²) in [6.07, 6.45) is 5.00. The molecule has 32 heavy (non-hydrogen) atoms. The van der Waals surface area contributed by atoms with Gasteiger partial charge in [0.2, 0.25) is 0 Å². The van der Waals surface area contributed by atoms with Gasteiger partial charge in [0.15, 0.2) is 0 Å². The summed E-state index contributed by atoms with van der Waals surface area (Å²) in [6.45, 7) is 16.0. The lowest BCUT2D eigenvalue weighted by Gasteiger charge is -2.21. The fraction of sp³-hybridized carbons (Fsp3) is 0.400. The van der Waals surface area contributed by atoms with Gasteiger partial charge in [-0.1, -0.05) is 60.6 Å². The number of nitrogens with zero attached hydrogens (tertiary/aromatic N) is 2. The van der Waals surface area contributed by atoms with Gasteiger partial charge in [-0.2, -0.15) is 0 Å². The zero-order valence-electron chi connectivity index (χ0n) is 20.6. The number of pyridine rings is 2. The highest BCUT2D eigenvalue weighted by atomic mass is 14.7. The molecule has 4 rings (SSSR count). The van der Waals surface area contributed by atoms with E-state index in [0.29, 0.717) is 23.7 Å². The highest BCUT2D eigenvalue weighted by Gasteiger charge is 2.17. The molecule has 166 valence electrons. The second kappa shape index (κ2) is 9.02. The van der Waals surface area contributed by atoms with Crippen LogP contribution >= 0.6 is 0 Å². The van der Waals surface area contributed by atoms with Crippen LogP contribution in [0.25, 0.3) is 21.8 Å². The molecule has 0 spiro atoms. The Labute approximate surface area is 193 Å². The van der Waals surface area contributed by atoms with E-state index in [0.717, 1.165) is 17.5 Å². The lowest BCUT2D eigenvalue weighted by atomic mass is 9.85. The van der Waals surface area contributed by atoms with E-state index in [4.69, 9.17) is 4.98 Å². The van der Waals surface area contributed by atoms with Gasteiger partial charge in [-0.05, 0) is 88.2 Å². The Hall–Kier alpha value is -2.74. The standard InChI is InChI=1S/C30H36N2/c1-18(2)24-16-27-29(32-17-24)11-9-23(30(27)20(5)6)14-21(7)22-8-10-28-26(15-22)25(19(3)4)12-13-31-28/h8-13,15-21H,14H2,1-7H3. The molecule has 4 aromatic rings. The van der Waals surface area contributed by atoms with Gasteiger partial charge in [0.1, 0.15) is 0 Å². The largest absolute Gasteiger partial charge is 0.256 e. The van der Waals surface area contributed by atoms with Crippen molar-refractivity contribution < 1.29 is 0 Å². The molecule has 0 radical (unpaired) electrons. The molecule has 0 N–H and O–H groups in total. The first-order chi connectivity index (χ1) is 15.3. The smallest absolute Gasteiger partial charge is 0.0705 e. The molecule has 0 aliphatic carbocycles. The van der Waals surface area contributed by atoms with E-state index in [1.807, 2.05) is 12.4 Å². The van der Waals surface area contributed by atoms with Crippen molar-refractivity contribution in [1.29, 1.82) is 0 Å². The maximum atomic E-state index is 4.78. The summed E-state index contributed by atoms with van der Waals surface area (Å²) in [6, 6.07) is 15.9. The van der Waals surface area contributed by atoms with Gasteiger partial charge in [0, 0.05) is 23.2 Å². The minimum Gasteiger partial charge on any atom is -0.256 e. The minimum absolute atomic E-state index is 0.427. The Morgan fingerprint density at radius 1 is 0.656 bits per heavy atom. The summed E-state index contributed by atoms with van der Waals surface area (Å²) in [5, 5.41) is 2.61. The molecular formula is C30H36N2. The highest BCUT2D eigenvalue weighted by molar-refractivity contribution is 5.85. The van der Waals surface area contributed by atoms with Crippen molar-refractivity contribution in [2.75, 3.05) is 0 Å². The monoisotopic (exact) mass is 424 g/mol. The van der Waals surface area contributed by atoms with Crippen LogP contribution in [0.4, 0.5) is 0 Å². The SMILES string of the molecule is CC(C)c1cnc2ccc(CC(C)c3ccc4nccc(C(C)C)c4c3)c(C(C)C)c2c1. The topological polar surface area (TPSA) is 25.8 Å². The molecule has 1 atom stereocenters. The van der Waals surface area contributed by atoms with E-state index in [1.54, 1.807) is 0 Å². The fourth-order valence-electron chi connectivity index (χ4n) is 4.90. The Morgan fingerprint density at radius 2 is 1.34 bits per heavy atom. The normalized spacial score (nSPS) is 13.1. The van der Waals surface area contributed by atoms with Gasteiger partial charge in [0.25, 0.3) is 0 Å². The van der Waals surface area contributed by atoms with Gasteiger partial charge in [0.05, 0.1) is 11.0 Å². The number of hydrogen-bond donors (Lipinski definition) is 0. The fourth-order valence-corrected chi connectivity index (χ4v) is 4.90. The molecule has 0 bridgehead atoms. The zero-order chi connectivity index (χ0) is 23.0. The molecule has 0 amide bonds. The van der Waals surface area contributed by atoms with Crippen molar-refractivity contribution in [3.8, 4) is 0 Å². The molecule has 0 saturated carbocycles. The van der Waals surface area contributed by atoms with Crippen LogP contribution in [-0.2, 0) is 6.42 Å². The number of fused-ring (bicyclic) bond motifs is 2. The Kier molecular flexibility index (Phi) is 6.33. The lowest BCUT2D eigenvalue weighted by Crippen LogP contribution is -2.05. The average molecular weight is 425 g/mol. The molecule has 2 aromatic carbocycles. The molecule has 2 nitrogen and oxygen atoms in total. The number of benzene rings is 2. The predicted octanol–water partition coefficient (Wildman–Crippen LogP) is 8.50. The summed E-state index contributed by atoms with van der Waals surface area (Å²) in [4.78, 5) is 9.37. The van der Waals surface area contributed by atoms with E-state index in [-0.39, 0.29) is 0 Å². The van der Waals surface area contributed by atoms with Crippen molar-refractivity contribution in [3.63, 3.8) is 0 Å². The average Bonchev–Trinajstić information content (AvgIpc) is 2.77. The van der Waals surface area contributed by atoms with Crippen molar-refractivity contribution in [1.82, 2.24) is 9.97 Å². The van der Waals surface area contributed by atoms with Crippen LogP contribution in [-0.4, -0.2) is 9.97 Å². The molecule has 0 fully saturated rings. The summed E-state index contributed by atoms with van der Waals surface area (Å²) in [5.74, 6) is 1.85. The van der Waals surface area contributed by atoms with Crippen LogP contribution in [0.1, 0.15) is 100.0 Å². The Bertz CT molecular complexity index is 1250. The molecule has 2 heterocycles. The number of rotatable bonds is 6. The first-order valence-electron chi connectivity index (χ1n) is 12.1. The van der Waals surface area contributed by atoms with Crippen LogP contribution in [0.5, 0.6) is 0 Å². The van der Waals surface area contributed by atoms with Gasteiger partial charge in [-0.3, -0.25) is 9.97 Å². The number of aromatic nitrogens is 2. The van der Waals surface area contributed by atoms with Crippen LogP contribution in [0, 0.1) is 0 Å². The maximum absolute atomic E-state index is 4.78. The molecule has 0 aliphatic heterocycles. The first-order valence-corrected chi connectivity index (χ1v) is 12.1.